The van der Waals surface area contributed by atoms with Crippen LogP contribution < -0.4 is 15.5 Å². The third-order valence-corrected chi connectivity index (χ3v) is 8.68. The van der Waals surface area contributed by atoms with E-state index in [1.165, 1.54) is 0 Å². The van der Waals surface area contributed by atoms with Crippen LogP contribution in [0.5, 0.6) is 0 Å². The first-order valence-corrected chi connectivity index (χ1v) is 19.5. The van der Waals surface area contributed by atoms with E-state index in [9.17, 15) is 29.8 Å². The molecule has 0 atom stereocenters. The predicted molar refractivity (Wildman–Crippen MR) is 224 cm³/mol. The van der Waals surface area contributed by atoms with Gasteiger partial charge in [0.25, 0.3) is 0 Å². The van der Waals surface area contributed by atoms with Crippen LogP contribution in [0.25, 0.3) is 0 Å². The summed E-state index contributed by atoms with van der Waals surface area (Å²) in [5, 5.41) is 23.2. The van der Waals surface area contributed by atoms with Crippen molar-refractivity contribution < 1.29 is 94.3 Å². The van der Waals surface area contributed by atoms with Crippen LogP contribution in [-0.4, -0.2) is 67.7 Å². The zero-order valence-electron chi connectivity index (χ0n) is 32.2. The van der Waals surface area contributed by atoms with Crippen LogP contribution in [0.4, 0.5) is 38.4 Å². The fourth-order valence-electron chi connectivity index (χ4n) is 4.99. The SMILES string of the molecule is C.C=CCc1cccc(CN(C(=O)OCC)c2nc(SC)nc(Cl)c2[N+](=O)[O-])c1.C=CCc1cccc(CN(C(=O)OCC)c2nc(SC)nc(N)c2[N+](=O)[O-])c1.[Y].[Y]. The van der Waals surface area contributed by atoms with Crippen LogP contribution in [0.2, 0.25) is 5.15 Å². The molecule has 4 aromatic rings. The molecular weight excluding hydrogens is 976 g/mol. The molecule has 59 heavy (non-hydrogen) atoms. The van der Waals surface area contributed by atoms with E-state index in [4.69, 9.17) is 26.8 Å². The zero-order valence-corrected chi connectivity index (χ0v) is 40.3. The van der Waals surface area contributed by atoms with Crippen molar-refractivity contribution >= 4 is 76.1 Å². The molecule has 0 saturated carbocycles. The molecule has 17 nitrogen and oxygen atoms in total. The van der Waals surface area contributed by atoms with E-state index in [0.29, 0.717) is 12.8 Å². The minimum atomic E-state index is -0.762. The first-order chi connectivity index (χ1) is 26.8. The Labute approximate surface area is 406 Å². The number of halogens is 1. The van der Waals surface area contributed by atoms with E-state index in [0.717, 1.165) is 55.6 Å². The Morgan fingerprint density at radius 3 is 1.53 bits per heavy atom. The Hall–Kier alpha value is -3.58. The molecule has 0 spiro atoms. The molecule has 0 saturated heterocycles. The molecule has 22 heteroatoms. The average Bonchev–Trinajstić information content (AvgIpc) is 3.16. The number of nitro groups is 2. The molecule has 2 amide bonds. The molecule has 0 bridgehead atoms. The number of nitrogens with zero attached hydrogens (tertiary/aromatic N) is 8. The van der Waals surface area contributed by atoms with Crippen LogP contribution in [-0.2, 0) is 101 Å². The van der Waals surface area contributed by atoms with Gasteiger partial charge < -0.3 is 15.2 Å². The maximum Gasteiger partial charge on any atom is 0.415 e. The molecule has 2 N–H and O–H groups in total. The van der Waals surface area contributed by atoms with E-state index in [2.05, 4.69) is 33.1 Å². The maximum atomic E-state index is 12.6. The summed E-state index contributed by atoms with van der Waals surface area (Å²) < 4.78 is 10.2. The Bertz CT molecular complexity index is 1940. The van der Waals surface area contributed by atoms with Gasteiger partial charge in [-0.25, -0.2) is 14.6 Å². The largest absolute Gasteiger partial charge is 0.449 e. The van der Waals surface area contributed by atoms with Crippen molar-refractivity contribution in [1.29, 1.82) is 0 Å². The first-order valence-electron chi connectivity index (χ1n) is 16.7. The Kier molecular flexibility index (Phi) is 26.3. The van der Waals surface area contributed by atoms with Crippen molar-refractivity contribution in [2.45, 2.75) is 57.5 Å². The van der Waals surface area contributed by atoms with Crippen molar-refractivity contribution in [1.82, 2.24) is 19.9 Å². The monoisotopic (exact) mass is 1020 g/mol. The molecule has 2 heterocycles. The summed E-state index contributed by atoms with van der Waals surface area (Å²) in [5.74, 6) is -0.717. The van der Waals surface area contributed by atoms with Gasteiger partial charge in [-0.05, 0) is 61.5 Å². The number of carbonyl (C=O) groups excluding carboxylic acids is 2. The molecule has 310 valence electrons. The number of nitrogen functional groups attached to an aromatic ring is 1. The van der Waals surface area contributed by atoms with Gasteiger partial charge >= 0.3 is 23.6 Å². The van der Waals surface area contributed by atoms with E-state index in [1.807, 2.05) is 48.5 Å². The number of carbonyl (C=O) groups is 2. The van der Waals surface area contributed by atoms with Gasteiger partial charge in [-0.15, -0.1) is 13.2 Å². The smallest absolute Gasteiger partial charge is 0.415 e. The second kappa shape index (κ2) is 28.0. The van der Waals surface area contributed by atoms with E-state index in [1.54, 1.807) is 38.5 Å². The number of benzene rings is 2. The Morgan fingerprint density at radius 1 is 0.763 bits per heavy atom. The zero-order chi connectivity index (χ0) is 41.4. The summed E-state index contributed by atoms with van der Waals surface area (Å²) in [6.07, 6.45) is 6.73. The van der Waals surface area contributed by atoms with Gasteiger partial charge in [0.15, 0.2) is 10.3 Å². The summed E-state index contributed by atoms with van der Waals surface area (Å²) in [6, 6.07) is 14.9. The number of ether oxygens (including phenoxy) is 2. The third-order valence-electron chi connectivity index (χ3n) is 7.32. The van der Waals surface area contributed by atoms with E-state index in [-0.39, 0.29) is 132 Å². The molecule has 0 aliphatic heterocycles. The van der Waals surface area contributed by atoms with Crippen LogP contribution >= 0.6 is 35.1 Å². The molecule has 0 aliphatic rings. The fraction of sp³-hybridized carbons (Fsp3) is 0.297. The van der Waals surface area contributed by atoms with Crippen LogP contribution in [0.15, 0.2) is 84.2 Å². The maximum absolute atomic E-state index is 12.6. The average molecular weight is 1020 g/mol. The van der Waals surface area contributed by atoms with Crippen molar-refractivity contribution in [2.24, 2.45) is 0 Å². The van der Waals surface area contributed by atoms with Gasteiger partial charge in [0.05, 0.1) is 36.1 Å². The van der Waals surface area contributed by atoms with Crippen molar-refractivity contribution in [2.75, 3.05) is 41.3 Å². The standard InChI is InChI=1S/C18H19ClN4O4S.C18H21N5O4S.CH4.2Y/c2*1-4-7-12-8-6-9-13(10-12)11-22(18(24)27-5-2)16-14(23(25)26)15(19)20-17(21-16)28-3;;;/h4,6,8-10H,1,5,7,11H2,2-3H3;4,6,8-10H,1,5,7,11H2,2-3H3,(H2,19,20,21);1H4;;. The van der Waals surface area contributed by atoms with Crippen LogP contribution in [0.3, 0.4) is 0 Å². The second-order valence-electron chi connectivity index (χ2n) is 11.2. The van der Waals surface area contributed by atoms with Crippen molar-refractivity contribution in [3.8, 4) is 0 Å². The van der Waals surface area contributed by atoms with Crippen LogP contribution in [0.1, 0.15) is 43.5 Å². The summed E-state index contributed by atoms with van der Waals surface area (Å²) in [7, 11) is 0. The summed E-state index contributed by atoms with van der Waals surface area (Å²) >= 11 is 8.32. The molecule has 4 rings (SSSR count). The number of hydrogen-bond donors (Lipinski definition) is 1. The number of rotatable bonds is 16. The number of hydrogen-bond acceptors (Lipinski definition) is 15. The third kappa shape index (κ3) is 16.1. The number of anilines is 3. The number of allylic oxidation sites excluding steroid dienone is 2. The van der Waals surface area contributed by atoms with Crippen molar-refractivity contribution in [3.63, 3.8) is 0 Å². The van der Waals surface area contributed by atoms with Crippen molar-refractivity contribution in [3.05, 3.63) is 121 Å². The second-order valence-corrected chi connectivity index (χ2v) is 13.1. The molecule has 0 unspecified atom stereocenters. The van der Waals surface area contributed by atoms with Gasteiger partial charge in [-0.2, -0.15) is 15.0 Å². The summed E-state index contributed by atoms with van der Waals surface area (Å²) in [4.78, 5) is 65.3. The van der Waals surface area contributed by atoms with Gasteiger partial charge in [-0.1, -0.05) is 103 Å². The number of amides is 2. The molecule has 0 fully saturated rings. The number of nitrogens with two attached hydrogens (primary N) is 1. The Morgan fingerprint density at radius 2 is 1.15 bits per heavy atom. The molecule has 2 aromatic heterocycles. The number of aromatic nitrogens is 4. The summed E-state index contributed by atoms with van der Waals surface area (Å²) in [6.45, 7) is 11.0. The quantitative estimate of drug-likeness (QED) is 0.0276. The normalized spacial score (nSPS) is 9.85. The van der Waals surface area contributed by atoms with E-state index >= 15 is 0 Å². The van der Waals surface area contributed by atoms with Gasteiger partial charge in [0, 0.05) is 65.4 Å². The van der Waals surface area contributed by atoms with Gasteiger partial charge in [-0.3, -0.25) is 30.0 Å². The Balaban J connectivity index is 0.00000109. The molecule has 2 aromatic carbocycles. The minimum absolute atomic E-state index is 0. The molecule has 2 radical (unpaired) electrons. The molecular formula is C37H44ClN9O8S2Y2. The fourth-order valence-corrected chi connectivity index (χ4v) is 6.00. The number of thioether (sulfide) groups is 2. The topological polar surface area (TPSA) is 223 Å². The first kappa shape index (κ1) is 55.4. The van der Waals surface area contributed by atoms with Crippen LogP contribution in [0, 0.1) is 20.2 Å². The van der Waals surface area contributed by atoms with E-state index < -0.39 is 33.4 Å². The van der Waals surface area contributed by atoms with Gasteiger partial charge in [0.2, 0.25) is 22.6 Å². The summed E-state index contributed by atoms with van der Waals surface area (Å²) in [5.41, 5.74) is 8.19. The molecule has 0 aliphatic carbocycles. The minimum Gasteiger partial charge on any atom is -0.449 e. The van der Waals surface area contributed by atoms with Gasteiger partial charge in [0.1, 0.15) is 0 Å². The predicted octanol–water partition coefficient (Wildman–Crippen LogP) is 8.86.